The summed E-state index contributed by atoms with van der Waals surface area (Å²) in [4.78, 5) is 0. The van der Waals surface area contributed by atoms with Gasteiger partial charge in [0.25, 0.3) is 0 Å². The summed E-state index contributed by atoms with van der Waals surface area (Å²) < 4.78 is 0. The second kappa shape index (κ2) is 1.82. The highest BCUT2D eigenvalue weighted by Crippen LogP contribution is 2.63. The molecule has 0 heterocycles. The number of aliphatic hydroxyl groups is 1. The lowest BCUT2D eigenvalue weighted by atomic mass is 9.46. The summed E-state index contributed by atoms with van der Waals surface area (Å²) in [5, 5.41) is 9.60. The van der Waals surface area contributed by atoms with Crippen molar-refractivity contribution in [1.82, 2.24) is 0 Å². The molecule has 4 aliphatic carbocycles. The Morgan fingerprint density at radius 1 is 0.909 bits per heavy atom. The SMILES string of the molecule is OC1CC2CC3CC(C1)(C2)C3. The molecule has 0 aliphatic heterocycles. The van der Waals surface area contributed by atoms with E-state index in [1.807, 2.05) is 0 Å². The largest absolute Gasteiger partial charge is 0.393 e. The number of hydrogen-bond donors (Lipinski definition) is 1. The molecule has 0 aromatic carbocycles. The smallest absolute Gasteiger partial charge is 0.0548 e. The molecule has 0 aromatic heterocycles. The maximum absolute atomic E-state index is 9.60. The lowest BCUT2D eigenvalue weighted by molar-refractivity contribution is -0.114. The van der Waals surface area contributed by atoms with Gasteiger partial charge >= 0.3 is 0 Å². The summed E-state index contributed by atoms with van der Waals surface area (Å²) in [6.07, 6.45) is 8.05. The maximum Gasteiger partial charge on any atom is 0.0548 e. The molecule has 4 fully saturated rings. The van der Waals surface area contributed by atoms with Crippen LogP contribution in [0.2, 0.25) is 0 Å². The van der Waals surface area contributed by atoms with Gasteiger partial charge in [0, 0.05) is 0 Å². The molecular weight excluding hydrogens is 136 g/mol. The summed E-state index contributed by atoms with van der Waals surface area (Å²) in [6.45, 7) is 0. The first kappa shape index (κ1) is 6.47. The van der Waals surface area contributed by atoms with Crippen LogP contribution in [0.25, 0.3) is 0 Å². The third-order valence-electron chi connectivity index (χ3n) is 4.11. The Hall–Kier alpha value is -0.0400. The molecule has 0 radical (unpaired) electrons. The van der Waals surface area contributed by atoms with Gasteiger partial charge in [-0.3, -0.25) is 0 Å². The third-order valence-corrected chi connectivity index (χ3v) is 4.11. The van der Waals surface area contributed by atoms with Crippen molar-refractivity contribution < 1.29 is 5.11 Å². The van der Waals surface area contributed by atoms with E-state index in [4.69, 9.17) is 0 Å². The van der Waals surface area contributed by atoms with Crippen LogP contribution in [0.4, 0.5) is 0 Å². The molecule has 1 nitrogen and oxygen atoms in total. The number of hydrogen-bond acceptors (Lipinski definition) is 1. The normalized spacial score (nSPS) is 60.3. The van der Waals surface area contributed by atoms with Gasteiger partial charge in [-0.2, -0.15) is 0 Å². The van der Waals surface area contributed by atoms with Crippen LogP contribution < -0.4 is 0 Å². The van der Waals surface area contributed by atoms with Crippen molar-refractivity contribution in [3.63, 3.8) is 0 Å². The standard InChI is InChI=1S/C10H16O/c11-9-2-7-1-8-4-10(3-7,5-8)6-9/h7-9,11H,1-6H2. The van der Waals surface area contributed by atoms with Crippen molar-refractivity contribution in [3.05, 3.63) is 0 Å². The van der Waals surface area contributed by atoms with Crippen LogP contribution in [0, 0.1) is 17.3 Å². The van der Waals surface area contributed by atoms with Gasteiger partial charge in [0.15, 0.2) is 0 Å². The quantitative estimate of drug-likeness (QED) is 0.562. The first-order valence-electron chi connectivity index (χ1n) is 4.94. The van der Waals surface area contributed by atoms with E-state index in [1.165, 1.54) is 25.7 Å². The van der Waals surface area contributed by atoms with Gasteiger partial charge in [-0.15, -0.1) is 0 Å². The summed E-state index contributed by atoms with van der Waals surface area (Å²) in [6, 6.07) is 0. The third kappa shape index (κ3) is 0.807. The minimum atomic E-state index is 0.0509. The van der Waals surface area contributed by atoms with Crippen molar-refractivity contribution in [3.8, 4) is 0 Å². The van der Waals surface area contributed by atoms with E-state index in [0.29, 0.717) is 5.41 Å². The topological polar surface area (TPSA) is 20.2 Å². The monoisotopic (exact) mass is 152 g/mol. The highest BCUT2D eigenvalue weighted by Gasteiger charge is 2.53. The zero-order valence-electron chi connectivity index (χ0n) is 6.92. The van der Waals surface area contributed by atoms with E-state index in [9.17, 15) is 5.11 Å². The molecule has 11 heavy (non-hydrogen) atoms. The second-order valence-electron chi connectivity index (χ2n) is 5.17. The van der Waals surface area contributed by atoms with Gasteiger partial charge in [0.2, 0.25) is 0 Å². The molecule has 62 valence electrons. The summed E-state index contributed by atoms with van der Waals surface area (Å²) in [5.74, 6) is 1.95. The Balaban J connectivity index is 1.86. The molecule has 3 bridgehead atoms. The number of aliphatic hydroxyl groups excluding tert-OH is 1. The molecule has 1 N–H and O–H groups in total. The van der Waals surface area contributed by atoms with E-state index in [0.717, 1.165) is 24.7 Å². The molecule has 2 atom stereocenters. The molecule has 1 heteroatoms. The zero-order valence-corrected chi connectivity index (χ0v) is 6.92. The van der Waals surface area contributed by atoms with E-state index < -0.39 is 0 Å². The molecule has 0 amide bonds. The van der Waals surface area contributed by atoms with Crippen LogP contribution in [0.1, 0.15) is 38.5 Å². The van der Waals surface area contributed by atoms with E-state index in [1.54, 1.807) is 0 Å². The maximum atomic E-state index is 9.60. The molecule has 2 unspecified atom stereocenters. The van der Waals surface area contributed by atoms with Crippen molar-refractivity contribution in [1.29, 1.82) is 0 Å². The average molecular weight is 152 g/mol. The average Bonchev–Trinajstić information content (AvgIpc) is 1.81. The molecule has 4 rings (SSSR count). The van der Waals surface area contributed by atoms with Crippen molar-refractivity contribution >= 4 is 0 Å². The first-order valence-corrected chi connectivity index (χ1v) is 4.94. The second-order valence-corrected chi connectivity index (χ2v) is 5.17. The summed E-state index contributed by atoms with van der Waals surface area (Å²) in [7, 11) is 0. The summed E-state index contributed by atoms with van der Waals surface area (Å²) >= 11 is 0. The van der Waals surface area contributed by atoms with Crippen LogP contribution in [0.3, 0.4) is 0 Å². The molecule has 4 aliphatic rings. The Labute approximate surface area is 67.8 Å². The molecule has 1 spiro atoms. The van der Waals surface area contributed by atoms with Crippen LogP contribution in [0.15, 0.2) is 0 Å². The van der Waals surface area contributed by atoms with Gasteiger partial charge < -0.3 is 5.11 Å². The predicted octanol–water partition coefficient (Wildman–Crippen LogP) is 1.95. The van der Waals surface area contributed by atoms with E-state index in [-0.39, 0.29) is 6.10 Å². The lowest BCUT2D eigenvalue weighted by Crippen LogP contribution is -2.50. The van der Waals surface area contributed by atoms with Crippen molar-refractivity contribution in [2.75, 3.05) is 0 Å². The predicted molar refractivity (Wildman–Crippen MR) is 43.1 cm³/mol. The van der Waals surface area contributed by atoms with Gasteiger partial charge in [-0.05, 0) is 55.8 Å². The van der Waals surface area contributed by atoms with Crippen LogP contribution in [-0.4, -0.2) is 11.2 Å². The first-order chi connectivity index (χ1) is 5.26. The van der Waals surface area contributed by atoms with Crippen molar-refractivity contribution in [2.24, 2.45) is 17.3 Å². The minimum Gasteiger partial charge on any atom is -0.393 e. The Morgan fingerprint density at radius 3 is 2.36 bits per heavy atom. The fraction of sp³-hybridized carbons (Fsp3) is 1.00. The highest BCUT2D eigenvalue weighted by molar-refractivity contribution is 5.04. The molecule has 4 saturated carbocycles. The fourth-order valence-electron chi connectivity index (χ4n) is 4.06. The molecular formula is C10H16O. The van der Waals surface area contributed by atoms with Gasteiger partial charge in [-0.25, -0.2) is 0 Å². The Kier molecular flexibility index (Phi) is 1.07. The highest BCUT2D eigenvalue weighted by atomic mass is 16.3. The van der Waals surface area contributed by atoms with Gasteiger partial charge in [0.1, 0.15) is 0 Å². The minimum absolute atomic E-state index is 0.0509. The fourth-order valence-corrected chi connectivity index (χ4v) is 4.06. The van der Waals surface area contributed by atoms with Crippen LogP contribution in [-0.2, 0) is 0 Å². The molecule has 0 saturated heterocycles. The Morgan fingerprint density at radius 2 is 1.64 bits per heavy atom. The van der Waals surface area contributed by atoms with Gasteiger partial charge in [-0.1, -0.05) is 0 Å². The van der Waals surface area contributed by atoms with Crippen molar-refractivity contribution in [2.45, 2.75) is 44.6 Å². The van der Waals surface area contributed by atoms with E-state index in [2.05, 4.69) is 0 Å². The summed E-state index contributed by atoms with van der Waals surface area (Å²) in [5.41, 5.74) is 0.644. The Bertz CT molecular complexity index is 173. The zero-order chi connectivity index (χ0) is 7.47. The van der Waals surface area contributed by atoms with E-state index >= 15 is 0 Å². The lowest BCUT2D eigenvalue weighted by Gasteiger charge is -2.59. The molecule has 0 aromatic rings. The number of rotatable bonds is 0. The van der Waals surface area contributed by atoms with Gasteiger partial charge in [0.05, 0.1) is 6.10 Å². The van der Waals surface area contributed by atoms with Crippen LogP contribution in [0.5, 0.6) is 0 Å². The van der Waals surface area contributed by atoms with Crippen LogP contribution >= 0.6 is 0 Å².